The quantitative estimate of drug-likeness (QED) is 0.0566. The van der Waals surface area contributed by atoms with Gasteiger partial charge < -0.3 is 30.3 Å². The van der Waals surface area contributed by atoms with E-state index < -0.39 is 81.8 Å². The molecule has 0 aliphatic carbocycles. The lowest BCUT2D eigenvalue weighted by Crippen LogP contribution is -2.47. The Morgan fingerprint density at radius 2 is 1.73 bits per heavy atom. The molecule has 2 aliphatic heterocycles. The predicted molar refractivity (Wildman–Crippen MR) is 158 cm³/mol. The van der Waals surface area contributed by atoms with Crippen molar-refractivity contribution in [2.24, 2.45) is 15.9 Å². The highest BCUT2D eigenvalue weighted by molar-refractivity contribution is 8.14. The maximum Gasteiger partial charge on any atom is 0.477 e. The molecule has 0 spiro atoms. The van der Waals surface area contributed by atoms with Crippen LogP contribution in [0.25, 0.3) is 10.4 Å². The first-order chi connectivity index (χ1) is 20.5. The lowest BCUT2D eigenvalue weighted by atomic mass is 9.97. The summed E-state index contributed by atoms with van der Waals surface area (Å²) in [6.45, 7) is 7.08. The molecular formula is C24H37FN5O11PS2. The van der Waals surface area contributed by atoms with E-state index in [2.05, 4.69) is 21.9 Å². The summed E-state index contributed by atoms with van der Waals surface area (Å²) in [6, 6.07) is 0. The molecule has 44 heavy (non-hydrogen) atoms. The smallest absolute Gasteiger partial charge is 0.395 e. The zero-order valence-corrected chi connectivity index (χ0v) is 27.1. The van der Waals surface area contributed by atoms with Crippen LogP contribution in [0.5, 0.6) is 0 Å². The molecule has 2 heterocycles. The first-order valence-electron chi connectivity index (χ1n) is 13.1. The number of carbonyl (C=O) groups is 3. The van der Waals surface area contributed by atoms with E-state index in [-0.39, 0.29) is 27.6 Å². The molecule has 16 nitrogen and oxygen atoms in total. The van der Waals surface area contributed by atoms with Crippen molar-refractivity contribution < 1.29 is 57.0 Å². The lowest BCUT2D eigenvalue weighted by Gasteiger charge is -2.35. The second kappa shape index (κ2) is 16.0. The number of alkyl halides is 1. The number of nitrogens with zero attached hydrogens (tertiary/aromatic N) is 4. The third kappa shape index (κ3) is 9.74. The van der Waals surface area contributed by atoms with Gasteiger partial charge in [-0.25, -0.2) is 8.96 Å². The first kappa shape index (κ1) is 38.2. The summed E-state index contributed by atoms with van der Waals surface area (Å²) >= 11 is 1.54. The fourth-order valence-corrected chi connectivity index (χ4v) is 6.66. The number of nitrogens with one attached hydrogen (secondary N) is 1. The second-order valence-electron chi connectivity index (χ2n) is 10.8. The number of hydrogen-bond donors (Lipinski definition) is 4. The van der Waals surface area contributed by atoms with Crippen molar-refractivity contribution in [1.82, 2.24) is 10.2 Å². The topological polar surface area (TPSA) is 230 Å². The van der Waals surface area contributed by atoms with E-state index >= 15 is 4.39 Å². The number of aliphatic hydroxyl groups is 3. The van der Waals surface area contributed by atoms with Gasteiger partial charge in [0, 0.05) is 28.7 Å². The molecule has 20 heteroatoms. The molecule has 0 unspecified atom stereocenters. The highest BCUT2D eigenvalue weighted by Crippen LogP contribution is 2.56. The van der Waals surface area contributed by atoms with Gasteiger partial charge in [0.05, 0.1) is 43.8 Å². The predicted octanol–water partition coefficient (Wildman–Crippen LogP) is 2.18. The molecule has 248 valence electrons. The highest BCUT2D eigenvalue weighted by Gasteiger charge is 2.61. The monoisotopic (exact) mass is 685 g/mol. The average molecular weight is 686 g/mol. The first-order valence-corrected chi connectivity index (χ1v) is 16.5. The van der Waals surface area contributed by atoms with Gasteiger partial charge in [0.15, 0.2) is 22.6 Å². The van der Waals surface area contributed by atoms with Crippen molar-refractivity contribution in [3.05, 3.63) is 35.1 Å². The molecule has 0 bridgehead atoms. The minimum absolute atomic E-state index is 0.0872. The number of ether oxygens (including phenoxy) is 1. The van der Waals surface area contributed by atoms with Crippen molar-refractivity contribution in [2.45, 2.75) is 52.0 Å². The van der Waals surface area contributed by atoms with Crippen molar-refractivity contribution in [2.75, 3.05) is 44.5 Å². The summed E-state index contributed by atoms with van der Waals surface area (Å²) in [4.78, 5) is 39.9. The average Bonchev–Trinajstić information content (AvgIpc) is 3.21. The van der Waals surface area contributed by atoms with Gasteiger partial charge in [-0.05, 0) is 33.2 Å². The van der Waals surface area contributed by atoms with Crippen LogP contribution in [0, 0.1) is 10.8 Å². The van der Waals surface area contributed by atoms with Crippen LogP contribution < -0.4 is 5.32 Å². The van der Waals surface area contributed by atoms with Crippen LogP contribution in [0.4, 0.5) is 4.39 Å². The standard InChI is InChI=1S/C24H37FN5O11PS2/c1-15-28-16(33)6-7-30(15)19-17(25)18(34)24(40-19,12-27-29-26)41-42(37,38-8-10-43-20(35)22(2,3)13-31)39-9-11-44-21(36)23(4,5)14-32/h6-7,17-19,31-32,34H,1,8-14H2,2-5H3,(H,28,33)/t17-,18+,19-,24-/m1/s1. The fourth-order valence-electron chi connectivity index (χ4n) is 3.40. The largest absolute Gasteiger partial charge is 0.477 e. The third-order valence-electron chi connectivity index (χ3n) is 6.23. The third-order valence-corrected chi connectivity index (χ3v) is 10.1. The number of thioether (sulfide) groups is 2. The van der Waals surface area contributed by atoms with Crippen LogP contribution in [-0.2, 0) is 37.3 Å². The number of halogens is 1. The van der Waals surface area contributed by atoms with E-state index in [1.54, 1.807) is 0 Å². The summed E-state index contributed by atoms with van der Waals surface area (Å²) in [6.07, 6.45) is -4.07. The summed E-state index contributed by atoms with van der Waals surface area (Å²) in [5.41, 5.74) is 6.83. The molecule has 1 fully saturated rings. The second-order valence-corrected chi connectivity index (χ2v) is 14.5. The summed E-state index contributed by atoms with van der Waals surface area (Å²) < 4.78 is 51.4. The highest BCUT2D eigenvalue weighted by atomic mass is 32.2. The maximum absolute atomic E-state index is 15.5. The normalized spacial score (nSPS) is 24.3. The Kier molecular flexibility index (Phi) is 13.9. The molecule has 2 rings (SSSR count). The lowest BCUT2D eigenvalue weighted by molar-refractivity contribution is -0.224. The number of phosphoric ester groups is 1. The number of rotatable bonds is 17. The van der Waals surface area contributed by atoms with Crippen LogP contribution in [0.1, 0.15) is 27.7 Å². The Bertz CT molecular complexity index is 1180. The molecule has 4 atom stereocenters. The SMILES string of the molecule is C=C1NC(=O)C=CN1[C@@H]1O[C@](CN=[N+]=[N-])(OP(=O)(OCCSC(=O)C(C)(C)CO)OCCSC(=O)C(C)(C)CO)[C@@H](O)[C@H]1F. The molecule has 1 saturated heterocycles. The van der Waals surface area contributed by atoms with E-state index in [0.717, 1.165) is 40.7 Å². The Morgan fingerprint density at radius 1 is 1.20 bits per heavy atom. The summed E-state index contributed by atoms with van der Waals surface area (Å²) in [7, 11) is -4.86. The van der Waals surface area contributed by atoms with E-state index in [1.807, 2.05) is 0 Å². The van der Waals surface area contributed by atoms with Crippen LogP contribution in [-0.4, -0.2) is 105 Å². The molecule has 4 N–H and O–H groups in total. The van der Waals surface area contributed by atoms with Crippen LogP contribution >= 0.6 is 31.3 Å². The fraction of sp³-hybridized carbons (Fsp3) is 0.708. The van der Waals surface area contributed by atoms with Crippen LogP contribution in [0.3, 0.4) is 0 Å². The number of carbonyl (C=O) groups excluding carboxylic acids is 3. The van der Waals surface area contributed by atoms with Gasteiger partial charge in [0.2, 0.25) is 5.79 Å². The molecule has 2 aliphatic rings. The Hall–Kier alpha value is -2.02. The minimum Gasteiger partial charge on any atom is -0.395 e. The molecule has 0 radical (unpaired) electrons. The van der Waals surface area contributed by atoms with Gasteiger partial charge in [-0.3, -0.25) is 28.0 Å². The maximum atomic E-state index is 15.5. The van der Waals surface area contributed by atoms with E-state index in [0.29, 0.717) is 0 Å². The Labute approximate surface area is 261 Å². The van der Waals surface area contributed by atoms with Crippen molar-refractivity contribution in [1.29, 1.82) is 0 Å². The molecule has 0 aromatic heterocycles. The number of aliphatic hydroxyl groups excluding tert-OH is 3. The van der Waals surface area contributed by atoms with Gasteiger partial charge in [-0.1, -0.05) is 35.2 Å². The molecular weight excluding hydrogens is 648 g/mol. The van der Waals surface area contributed by atoms with E-state index in [9.17, 15) is 34.3 Å². The van der Waals surface area contributed by atoms with Crippen molar-refractivity contribution in [3.63, 3.8) is 0 Å². The van der Waals surface area contributed by atoms with Gasteiger partial charge >= 0.3 is 7.82 Å². The molecule has 1 amide bonds. The zero-order valence-electron chi connectivity index (χ0n) is 24.6. The van der Waals surface area contributed by atoms with Gasteiger partial charge in [-0.2, -0.15) is 0 Å². The molecule has 0 aromatic carbocycles. The van der Waals surface area contributed by atoms with Crippen LogP contribution in [0.15, 0.2) is 29.8 Å². The van der Waals surface area contributed by atoms with Crippen molar-refractivity contribution in [3.8, 4) is 0 Å². The number of azide groups is 1. The minimum atomic E-state index is -4.86. The van der Waals surface area contributed by atoms with Gasteiger partial charge in [0.1, 0.15) is 11.9 Å². The summed E-state index contributed by atoms with van der Waals surface area (Å²) in [5.74, 6) is -3.48. The Balaban J connectivity index is 2.30. The number of amides is 1. The van der Waals surface area contributed by atoms with Crippen LogP contribution in [0.2, 0.25) is 0 Å². The molecule has 0 saturated carbocycles. The van der Waals surface area contributed by atoms with E-state index in [1.165, 1.54) is 27.7 Å². The van der Waals surface area contributed by atoms with Crippen molar-refractivity contribution >= 4 is 47.5 Å². The number of phosphoric acid groups is 1. The Morgan fingerprint density at radius 3 is 2.18 bits per heavy atom. The summed E-state index contributed by atoms with van der Waals surface area (Å²) in [5, 5.41) is 34.6. The van der Waals surface area contributed by atoms with Gasteiger partial charge in [0.25, 0.3) is 5.91 Å². The van der Waals surface area contributed by atoms with E-state index in [4.69, 9.17) is 23.8 Å². The molecule has 0 aromatic rings. The zero-order chi connectivity index (χ0) is 33.3. The number of hydrogen-bond acceptors (Lipinski definition) is 15. The van der Waals surface area contributed by atoms with Gasteiger partial charge in [-0.15, -0.1) is 0 Å².